The molecule has 1 heterocycles. The van der Waals surface area contributed by atoms with Gasteiger partial charge in [0.15, 0.2) is 0 Å². The van der Waals surface area contributed by atoms with E-state index in [1.165, 1.54) is 0 Å². The van der Waals surface area contributed by atoms with Crippen LogP contribution in [0.5, 0.6) is 0 Å². The summed E-state index contributed by atoms with van der Waals surface area (Å²) in [6.45, 7) is 0. The third-order valence-electron chi connectivity index (χ3n) is 3.16. The summed E-state index contributed by atoms with van der Waals surface area (Å²) in [6, 6.07) is 5.30. The first kappa shape index (κ1) is 9.21. The molecule has 1 fully saturated rings. The van der Waals surface area contributed by atoms with Gasteiger partial charge in [0.05, 0.1) is 0 Å². The smallest absolute Gasteiger partial charge is 0.415 e. The molecule has 3 N–H and O–H groups in total. The van der Waals surface area contributed by atoms with E-state index in [9.17, 15) is 9.59 Å². The number of carbonyl (C=O) groups excluding carboxylic acids is 2. The maximum absolute atomic E-state index is 11.8. The van der Waals surface area contributed by atoms with Gasteiger partial charge in [-0.15, -0.1) is 0 Å². The Balaban J connectivity index is 2.15. The summed E-state index contributed by atoms with van der Waals surface area (Å²) >= 11 is 0. The fourth-order valence-corrected chi connectivity index (χ4v) is 2.43. The number of benzene rings is 1. The van der Waals surface area contributed by atoms with E-state index in [1.807, 2.05) is 6.07 Å². The zero-order chi connectivity index (χ0) is 11.3. The molecule has 0 radical (unpaired) electrons. The van der Waals surface area contributed by atoms with Crippen LogP contribution in [-0.2, 0) is 21.6 Å². The van der Waals surface area contributed by atoms with Crippen molar-refractivity contribution in [2.24, 2.45) is 0 Å². The van der Waals surface area contributed by atoms with Crippen LogP contribution in [-0.4, -0.2) is 12.0 Å². The molecule has 1 aromatic carbocycles. The van der Waals surface area contributed by atoms with Crippen LogP contribution in [0.25, 0.3) is 0 Å². The van der Waals surface area contributed by atoms with Crippen molar-refractivity contribution in [1.82, 2.24) is 5.32 Å². The topological polar surface area (TPSA) is 81.4 Å². The van der Waals surface area contributed by atoms with Gasteiger partial charge < -0.3 is 10.5 Å². The van der Waals surface area contributed by atoms with Crippen LogP contribution in [0.2, 0.25) is 0 Å². The number of amides is 2. The first-order valence-corrected chi connectivity index (χ1v) is 5.05. The molecule has 16 heavy (non-hydrogen) atoms. The SMILES string of the molecule is Nc1ccc2c(c1)CC[C@]21OC(=O)NC1=O. The van der Waals surface area contributed by atoms with Crippen LogP contribution in [0, 0.1) is 0 Å². The third kappa shape index (κ3) is 0.997. The van der Waals surface area contributed by atoms with E-state index in [-0.39, 0.29) is 5.91 Å². The Morgan fingerprint density at radius 3 is 2.88 bits per heavy atom. The lowest BCUT2D eigenvalue weighted by molar-refractivity contribution is -0.131. The molecule has 2 aliphatic rings. The van der Waals surface area contributed by atoms with Crippen molar-refractivity contribution in [3.63, 3.8) is 0 Å². The molecule has 1 saturated heterocycles. The zero-order valence-corrected chi connectivity index (χ0v) is 8.45. The molecule has 5 nitrogen and oxygen atoms in total. The predicted molar refractivity (Wildman–Crippen MR) is 55.5 cm³/mol. The molecule has 0 aromatic heterocycles. The molecule has 3 rings (SSSR count). The van der Waals surface area contributed by atoms with E-state index < -0.39 is 11.7 Å². The highest BCUT2D eigenvalue weighted by Gasteiger charge is 2.53. The average Bonchev–Trinajstić information content (AvgIpc) is 2.70. The number of alkyl carbamates (subject to hydrolysis) is 1. The number of nitrogens with two attached hydrogens (primary N) is 1. The summed E-state index contributed by atoms with van der Waals surface area (Å²) in [5, 5.41) is 2.17. The first-order valence-electron chi connectivity index (χ1n) is 5.05. The molecular formula is C11H10N2O3. The van der Waals surface area contributed by atoms with Crippen LogP contribution in [0.1, 0.15) is 17.5 Å². The quantitative estimate of drug-likeness (QED) is 0.627. The number of nitrogens with one attached hydrogen (secondary N) is 1. The summed E-state index contributed by atoms with van der Waals surface area (Å²) < 4.78 is 5.15. The minimum Gasteiger partial charge on any atom is -0.427 e. The molecule has 1 atom stereocenters. The fraction of sp³-hybridized carbons (Fsp3) is 0.273. The zero-order valence-electron chi connectivity index (χ0n) is 8.45. The Kier molecular flexibility index (Phi) is 1.58. The fourth-order valence-electron chi connectivity index (χ4n) is 2.43. The number of ether oxygens (including phenoxy) is 1. The molecule has 1 aliphatic carbocycles. The van der Waals surface area contributed by atoms with Gasteiger partial charge in [-0.2, -0.15) is 0 Å². The molecule has 0 saturated carbocycles. The largest absolute Gasteiger partial charge is 0.427 e. The van der Waals surface area contributed by atoms with Gasteiger partial charge in [-0.25, -0.2) is 4.79 Å². The molecule has 5 heteroatoms. The number of hydrogen-bond donors (Lipinski definition) is 2. The molecule has 82 valence electrons. The maximum Gasteiger partial charge on any atom is 0.415 e. The monoisotopic (exact) mass is 218 g/mol. The van der Waals surface area contributed by atoms with E-state index >= 15 is 0 Å². The molecule has 1 aromatic rings. The second-order valence-electron chi connectivity index (χ2n) is 4.09. The van der Waals surface area contributed by atoms with Gasteiger partial charge in [0.25, 0.3) is 5.91 Å². The third-order valence-corrected chi connectivity index (χ3v) is 3.16. The number of carbonyl (C=O) groups is 2. The van der Waals surface area contributed by atoms with Crippen LogP contribution < -0.4 is 11.1 Å². The number of imide groups is 1. The second kappa shape index (κ2) is 2.75. The van der Waals surface area contributed by atoms with Crippen molar-refractivity contribution in [2.45, 2.75) is 18.4 Å². The Bertz CT molecular complexity index is 512. The number of anilines is 1. The minimum absolute atomic E-state index is 0.374. The van der Waals surface area contributed by atoms with Crippen molar-refractivity contribution < 1.29 is 14.3 Å². The number of nitrogen functional groups attached to an aromatic ring is 1. The highest BCUT2D eigenvalue weighted by Crippen LogP contribution is 2.43. The summed E-state index contributed by atoms with van der Waals surface area (Å²) in [7, 11) is 0. The normalized spacial score (nSPS) is 26.8. The minimum atomic E-state index is -1.11. The van der Waals surface area contributed by atoms with Gasteiger partial charge in [0.2, 0.25) is 5.60 Å². The van der Waals surface area contributed by atoms with Crippen molar-refractivity contribution in [1.29, 1.82) is 0 Å². The lowest BCUT2D eigenvalue weighted by Crippen LogP contribution is -2.34. The van der Waals surface area contributed by atoms with Crippen molar-refractivity contribution >= 4 is 17.7 Å². The molecule has 0 unspecified atom stereocenters. The summed E-state index contributed by atoms with van der Waals surface area (Å²) in [5.41, 5.74) is 6.95. The lowest BCUT2D eigenvalue weighted by Gasteiger charge is -2.19. The first-order chi connectivity index (χ1) is 7.62. The van der Waals surface area contributed by atoms with Gasteiger partial charge >= 0.3 is 6.09 Å². The Morgan fingerprint density at radius 1 is 1.38 bits per heavy atom. The van der Waals surface area contributed by atoms with Gasteiger partial charge in [-0.05, 0) is 24.1 Å². The average molecular weight is 218 g/mol. The number of hydrogen-bond acceptors (Lipinski definition) is 4. The van der Waals surface area contributed by atoms with E-state index in [1.54, 1.807) is 12.1 Å². The number of fused-ring (bicyclic) bond motifs is 2. The maximum atomic E-state index is 11.8. The van der Waals surface area contributed by atoms with Gasteiger partial charge in [0, 0.05) is 17.7 Å². The molecule has 2 amide bonds. The molecule has 1 aliphatic heterocycles. The highest BCUT2D eigenvalue weighted by atomic mass is 16.6. The van der Waals surface area contributed by atoms with Gasteiger partial charge in [-0.1, -0.05) is 6.07 Å². The van der Waals surface area contributed by atoms with Crippen molar-refractivity contribution in [3.8, 4) is 0 Å². The lowest BCUT2D eigenvalue weighted by atomic mass is 9.95. The van der Waals surface area contributed by atoms with Gasteiger partial charge in [0.1, 0.15) is 0 Å². The number of rotatable bonds is 0. The van der Waals surface area contributed by atoms with Gasteiger partial charge in [-0.3, -0.25) is 10.1 Å². The standard InChI is InChI=1S/C11H10N2O3/c12-7-1-2-8-6(5-7)3-4-11(8)9(14)13-10(15)16-11/h1-2,5H,3-4,12H2,(H,13,14,15)/t11-/m0/s1. The van der Waals surface area contributed by atoms with Crippen molar-refractivity contribution in [2.75, 3.05) is 5.73 Å². The summed E-state index contributed by atoms with van der Waals surface area (Å²) in [4.78, 5) is 22.9. The molecular weight excluding hydrogens is 208 g/mol. The Hall–Kier alpha value is -2.04. The predicted octanol–water partition coefficient (Wildman–Crippen LogP) is 0.677. The van der Waals surface area contributed by atoms with Crippen LogP contribution in [0.4, 0.5) is 10.5 Å². The van der Waals surface area contributed by atoms with Crippen LogP contribution in [0.15, 0.2) is 18.2 Å². The Labute approximate surface area is 91.6 Å². The summed E-state index contributed by atoms with van der Waals surface area (Å²) in [6.07, 6.45) is 0.513. The van der Waals surface area contributed by atoms with Crippen LogP contribution in [0.3, 0.4) is 0 Å². The van der Waals surface area contributed by atoms with E-state index in [2.05, 4.69) is 5.32 Å². The van der Waals surface area contributed by atoms with E-state index in [4.69, 9.17) is 10.5 Å². The second-order valence-corrected chi connectivity index (χ2v) is 4.09. The molecule has 1 spiro atoms. The molecule has 0 bridgehead atoms. The van der Waals surface area contributed by atoms with Crippen molar-refractivity contribution in [3.05, 3.63) is 29.3 Å². The Morgan fingerprint density at radius 2 is 2.19 bits per heavy atom. The van der Waals surface area contributed by atoms with E-state index in [0.717, 1.165) is 11.1 Å². The van der Waals surface area contributed by atoms with Crippen LogP contribution >= 0.6 is 0 Å². The van der Waals surface area contributed by atoms with E-state index in [0.29, 0.717) is 18.5 Å². The highest BCUT2D eigenvalue weighted by molar-refractivity contribution is 6.04. The number of aryl methyl sites for hydroxylation is 1. The summed E-state index contributed by atoms with van der Waals surface area (Å²) in [5.74, 6) is -0.374.